The zero-order valence-corrected chi connectivity index (χ0v) is 10.2. The molecule has 0 saturated carbocycles. The van der Waals surface area contributed by atoms with Crippen LogP contribution in [0.3, 0.4) is 0 Å². The van der Waals surface area contributed by atoms with Gasteiger partial charge in [-0.3, -0.25) is 4.68 Å². The highest BCUT2D eigenvalue weighted by molar-refractivity contribution is 4.91. The molecular formula is C12H19N5. The summed E-state index contributed by atoms with van der Waals surface area (Å²) >= 11 is 0. The van der Waals surface area contributed by atoms with Crippen molar-refractivity contribution in [1.82, 2.24) is 24.6 Å². The van der Waals surface area contributed by atoms with E-state index in [1.54, 1.807) is 0 Å². The molecule has 17 heavy (non-hydrogen) atoms. The Hall–Kier alpha value is -1.62. The molecule has 0 amide bonds. The summed E-state index contributed by atoms with van der Waals surface area (Å²) in [5, 5.41) is 7.56. The summed E-state index contributed by atoms with van der Waals surface area (Å²) in [5.41, 5.74) is 0. The first-order valence-electron chi connectivity index (χ1n) is 6.08. The Morgan fingerprint density at radius 1 is 1.29 bits per heavy atom. The molecule has 0 aliphatic carbocycles. The summed E-state index contributed by atoms with van der Waals surface area (Å²) in [6.45, 7) is 5.88. The van der Waals surface area contributed by atoms with Crippen molar-refractivity contribution >= 4 is 0 Å². The van der Waals surface area contributed by atoms with Gasteiger partial charge in [-0.1, -0.05) is 0 Å². The predicted octanol–water partition coefficient (Wildman–Crippen LogP) is 1.28. The van der Waals surface area contributed by atoms with Gasteiger partial charge in [0.1, 0.15) is 5.82 Å². The summed E-state index contributed by atoms with van der Waals surface area (Å²) in [6.07, 6.45) is 8.74. The van der Waals surface area contributed by atoms with E-state index in [-0.39, 0.29) is 0 Å². The number of nitrogens with zero attached hydrogens (tertiary/aromatic N) is 4. The molecule has 5 nitrogen and oxygen atoms in total. The van der Waals surface area contributed by atoms with Crippen LogP contribution in [0.1, 0.15) is 19.2 Å². The quantitative estimate of drug-likeness (QED) is 0.733. The number of hydrogen-bond donors (Lipinski definition) is 1. The number of rotatable bonds is 7. The molecule has 0 radical (unpaired) electrons. The summed E-state index contributed by atoms with van der Waals surface area (Å²) in [6, 6.07) is 1.95. The Balaban J connectivity index is 1.63. The first-order valence-corrected chi connectivity index (χ1v) is 6.08. The lowest BCUT2D eigenvalue weighted by molar-refractivity contribution is 0.531. The third-order valence-corrected chi connectivity index (χ3v) is 2.73. The second kappa shape index (κ2) is 6.20. The van der Waals surface area contributed by atoms with Crippen molar-refractivity contribution in [1.29, 1.82) is 0 Å². The van der Waals surface area contributed by atoms with Crippen LogP contribution in [-0.4, -0.2) is 25.9 Å². The van der Waals surface area contributed by atoms with Crippen LogP contribution in [0, 0.1) is 0 Å². The van der Waals surface area contributed by atoms with Crippen molar-refractivity contribution in [2.45, 2.75) is 33.0 Å². The van der Waals surface area contributed by atoms with Crippen molar-refractivity contribution < 1.29 is 0 Å². The smallest absolute Gasteiger partial charge is 0.122 e. The molecule has 5 heteroatoms. The van der Waals surface area contributed by atoms with E-state index in [1.165, 1.54) is 0 Å². The highest BCUT2D eigenvalue weighted by Gasteiger charge is 1.99. The standard InChI is InChI=1S/C12H19N5/c1-2-16-10-7-14-12(16)11-13-5-3-8-17-9-4-6-15-17/h4,6-7,9-10,13H,2-3,5,8,11H2,1H3. The number of aromatic nitrogens is 4. The fraction of sp³-hybridized carbons (Fsp3) is 0.500. The van der Waals surface area contributed by atoms with E-state index >= 15 is 0 Å². The van der Waals surface area contributed by atoms with Crippen molar-refractivity contribution in [2.24, 2.45) is 0 Å². The lowest BCUT2D eigenvalue weighted by Crippen LogP contribution is -2.19. The highest BCUT2D eigenvalue weighted by Crippen LogP contribution is 1.96. The second-order valence-electron chi connectivity index (χ2n) is 3.93. The Morgan fingerprint density at radius 3 is 3.00 bits per heavy atom. The molecule has 0 fully saturated rings. The minimum atomic E-state index is 0.833. The van der Waals surface area contributed by atoms with Crippen LogP contribution in [0.2, 0.25) is 0 Å². The van der Waals surface area contributed by atoms with E-state index in [1.807, 2.05) is 35.5 Å². The van der Waals surface area contributed by atoms with E-state index < -0.39 is 0 Å². The monoisotopic (exact) mass is 233 g/mol. The number of aryl methyl sites for hydroxylation is 2. The number of hydrogen-bond acceptors (Lipinski definition) is 3. The molecule has 2 aromatic heterocycles. The van der Waals surface area contributed by atoms with Crippen LogP contribution in [0.15, 0.2) is 30.9 Å². The van der Waals surface area contributed by atoms with Gasteiger partial charge in [0.2, 0.25) is 0 Å². The summed E-state index contributed by atoms with van der Waals surface area (Å²) in [4.78, 5) is 4.32. The molecule has 0 atom stereocenters. The third-order valence-electron chi connectivity index (χ3n) is 2.73. The van der Waals surface area contributed by atoms with Crippen molar-refractivity contribution in [3.05, 3.63) is 36.7 Å². The molecule has 0 aliphatic heterocycles. The molecule has 0 aliphatic rings. The van der Waals surface area contributed by atoms with Gasteiger partial charge in [0.25, 0.3) is 0 Å². The van der Waals surface area contributed by atoms with E-state index in [0.29, 0.717) is 0 Å². The first kappa shape index (κ1) is 11.9. The molecule has 0 saturated heterocycles. The van der Waals surface area contributed by atoms with Crippen molar-refractivity contribution in [3.63, 3.8) is 0 Å². The highest BCUT2D eigenvalue weighted by atomic mass is 15.3. The van der Waals surface area contributed by atoms with Gasteiger partial charge in [-0.25, -0.2) is 4.98 Å². The van der Waals surface area contributed by atoms with Crippen LogP contribution in [-0.2, 0) is 19.6 Å². The molecule has 2 rings (SSSR count). The number of imidazole rings is 1. The molecule has 0 spiro atoms. The van der Waals surface area contributed by atoms with Gasteiger partial charge < -0.3 is 9.88 Å². The molecule has 0 unspecified atom stereocenters. The lowest BCUT2D eigenvalue weighted by atomic mass is 10.4. The fourth-order valence-electron chi connectivity index (χ4n) is 1.79. The third kappa shape index (κ3) is 3.42. The molecule has 92 valence electrons. The van der Waals surface area contributed by atoms with Gasteiger partial charge in [-0.15, -0.1) is 0 Å². The van der Waals surface area contributed by atoms with Gasteiger partial charge in [-0.2, -0.15) is 5.10 Å². The summed E-state index contributed by atoms with van der Waals surface area (Å²) in [5.74, 6) is 1.10. The van der Waals surface area contributed by atoms with Crippen LogP contribution in [0.25, 0.3) is 0 Å². The summed E-state index contributed by atoms with van der Waals surface area (Å²) in [7, 11) is 0. The molecule has 1 N–H and O–H groups in total. The van der Waals surface area contributed by atoms with E-state index in [9.17, 15) is 0 Å². The summed E-state index contributed by atoms with van der Waals surface area (Å²) < 4.78 is 4.11. The van der Waals surface area contributed by atoms with Gasteiger partial charge in [-0.05, 0) is 26.0 Å². The fourth-order valence-corrected chi connectivity index (χ4v) is 1.79. The maximum atomic E-state index is 4.32. The van der Waals surface area contributed by atoms with E-state index in [4.69, 9.17) is 0 Å². The zero-order valence-electron chi connectivity index (χ0n) is 10.2. The average molecular weight is 233 g/mol. The molecule has 2 aromatic rings. The number of nitrogens with one attached hydrogen (secondary N) is 1. The largest absolute Gasteiger partial charge is 0.334 e. The van der Waals surface area contributed by atoms with Gasteiger partial charge >= 0.3 is 0 Å². The van der Waals surface area contributed by atoms with Crippen LogP contribution in [0.5, 0.6) is 0 Å². The lowest BCUT2D eigenvalue weighted by Gasteiger charge is -2.06. The van der Waals surface area contributed by atoms with E-state index in [0.717, 1.165) is 38.4 Å². The minimum absolute atomic E-state index is 0.833. The second-order valence-corrected chi connectivity index (χ2v) is 3.93. The Morgan fingerprint density at radius 2 is 2.24 bits per heavy atom. The molecule has 0 aromatic carbocycles. The average Bonchev–Trinajstić information content (AvgIpc) is 2.98. The Bertz CT molecular complexity index is 418. The van der Waals surface area contributed by atoms with E-state index in [2.05, 4.69) is 26.9 Å². The van der Waals surface area contributed by atoms with Crippen molar-refractivity contribution in [3.8, 4) is 0 Å². The SMILES string of the molecule is CCn1ccnc1CNCCCn1cccn1. The molecule has 0 bridgehead atoms. The maximum absolute atomic E-state index is 4.32. The predicted molar refractivity (Wildman–Crippen MR) is 66.5 cm³/mol. The van der Waals surface area contributed by atoms with Crippen LogP contribution >= 0.6 is 0 Å². The molecule has 2 heterocycles. The first-order chi connectivity index (χ1) is 8.40. The maximum Gasteiger partial charge on any atom is 0.122 e. The Labute approximate surface area is 101 Å². The van der Waals surface area contributed by atoms with Crippen molar-refractivity contribution in [2.75, 3.05) is 6.54 Å². The normalized spacial score (nSPS) is 10.9. The van der Waals surface area contributed by atoms with Crippen LogP contribution < -0.4 is 5.32 Å². The zero-order chi connectivity index (χ0) is 11.9. The van der Waals surface area contributed by atoms with Crippen LogP contribution in [0.4, 0.5) is 0 Å². The van der Waals surface area contributed by atoms with Gasteiger partial charge in [0.15, 0.2) is 0 Å². The topological polar surface area (TPSA) is 47.7 Å². The van der Waals surface area contributed by atoms with Gasteiger partial charge in [0, 0.05) is 37.9 Å². The Kier molecular flexibility index (Phi) is 4.32. The molecular weight excluding hydrogens is 214 g/mol. The van der Waals surface area contributed by atoms with Gasteiger partial charge in [0.05, 0.1) is 6.54 Å². The minimum Gasteiger partial charge on any atom is -0.334 e.